The quantitative estimate of drug-likeness (QED) is 0.0199. The number of carbonyl (C=O) groups is 3. The molecule has 72 heavy (non-hydrogen) atoms. The van der Waals surface area contributed by atoms with Crippen molar-refractivity contribution in [1.82, 2.24) is 0 Å². The minimum absolute atomic E-state index is 0.103. The van der Waals surface area contributed by atoms with Gasteiger partial charge in [-0.3, -0.25) is 14.4 Å². The summed E-state index contributed by atoms with van der Waals surface area (Å²) in [5.41, 5.74) is 0. The lowest BCUT2D eigenvalue weighted by Crippen LogP contribution is -2.30. The molecule has 0 N–H and O–H groups in total. The smallest absolute Gasteiger partial charge is 0.306 e. The van der Waals surface area contributed by atoms with Crippen molar-refractivity contribution >= 4 is 17.9 Å². The van der Waals surface area contributed by atoms with E-state index in [1.54, 1.807) is 0 Å². The molecule has 0 bridgehead atoms. The van der Waals surface area contributed by atoms with E-state index in [4.69, 9.17) is 14.2 Å². The molecule has 0 aromatic rings. The molecule has 0 aliphatic carbocycles. The molecule has 0 aliphatic heterocycles. The molecule has 0 aliphatic rings. The molecule has 1 atom stereocenters. The zero-order chi connectivity index (χ0) is 52.2. The first-order chi connectivity index (χ1) is 35.5. The zero-order valence-electron chi connectivity index (χ0n) is 46.7. The van der Waals surface area contributed by atoms with Crippen LogP contribution < -0.4 is 0 Å². The van der Waals surface area contributed by atoms with Gasteiger partial charge in [-0.2, -0.15) is 0 Å². The van der Waals surface area contributed by atoms with Gasteiger partial charge in [-0.25, -0.2) is 0 Å². The number of allylic oxidation sites excluding steroid dienone is 20. The Bertz CT molecular complexity index is 1520. The second kappa shape index (κ2) is 59.4. The predicted molar refractivity (Wildman–Crippen MR) is 311 cm³/mol. The van der Waals surface area contributed by atoms with Crippen LogP contribution in [0.1, 0.15) is 258 Å². The summed E-state index contributed by atoms with van der Waals surface area (Å²) in [6.45, 7) is 6.44. The molecule has 0 rings (SSSR count). The third-order valence-corrected chi connectivity index (χ3v) is 12.3. The maximum atomic E-state index is 12.9. The summed E-state index contributed by atoms with van der Waals surface area (Å²) in [7, 11) is 0. The first-order valence-corrected chi connectivity index (χ1v) is 29.6. The van der Waals surface area contributed by atoms with Gasteiger partial charge in [0.15, 0.2) is 6.10 Å². The number of esters is 3. The van der Waals surface area contributed by atoms with Crippen LogP contribution in [0.3, 0.4) is 0 Å². The number of hydrogen-bond acceptors (Lipinski definition) is 6. The highest BCUT2D eigenvalue weighted by Gasteiger charge is 2.19. The molecule has 408 valence electrons. The summed E-state index contributed by atoms with van der Waals surface area (Å²) < 4.78 is 16.8. The van der Waals surface area contributed by atoms with Gasteiger partial charge in [0.1, 0.15) is 13.2 Å². The average molecular weight is 998 g/mol. The predicted octanol–water partition coefficient (Wildman–Crippen LogP) is 20.0. The average Bonchev–Trinajstić information content (AvgIpc) is 3.38. The molecule has 0 saturated heterocycles. The number of ether oxygens (including phenoxy) is 3. The van der Waals surface area contributed by atoms with Gasteiger partial charge in [0.2, 0.25) is 0 Å². The van der Waals surface area contributed by atoms with Crippen LogP contribution in [0.25, 0.3) is 0 Å². The lowest BCUT2D eigenvalue weighted by molar-refractivity contribution is -0.167. The van der Waals surface area contributed by atoms with E-state index >= 15 is 0 Å². The number of hydrogen-bond donors (Lipinski definition) is 0. The Hall–Kier alpha value is -4.19. The minimum Gasteiger partial charge on any atom is -0.462 e. The topological polar surface area (TPSA) is 78.9 Å². The van der Waals surface area contributed by atoms with Crippen LogP contribution in [0.15, 0.2) is 122 Å². The molecule has 0 aromatic heterocycles. The second-order valence-electron chi connectivity index (χ2n) is 19.3. The van der Waals surface area contributed by atoms with Crippen molar-refractivity contribution < 1.29 is 28.6 Å². The first-order valence-electron chi connectivity index (χ1n) is 29.6. The van der Waals surface area contributed by atoms with Crippen molar-refractivity contribution in [2.45, 2.75) is 264 Å². The molecule has 0 heterocycles. The highest BCUT2D eigenvalue weighted by atomic mass is 16.6. The van der Waals surface area contributed by atoms with Crippen LogP contribution in [0.5, 0.6) is 0 Å². The summed E-state index contributed by atoms with van der Waals surface area (Å²) in [5.74, 6) is -0.964. The summed E-state index contributed by atoms with van der Waals surface area (Å²) in [6.07, 6.45) is 81.8. The molecule has 1 unspecified atom stereocenters. The SMILES string of the molecule is CC/C=C\C/C=C\C/C=C\C/C=C\C/C=C\CCCCCC(=O)OCC(COC(=O)CCCCCCCCC/C=C\CCCCCCCC)OC(=O)CCCCCCC\C=C/C=C\C=C/C=C\CCCCC. The van der Waals surface area contributed by atoms with Crippen molar-refractivity contribution in [3.05, 3.63) is 122 Å². The van der Waals surface area contributed by atoms with Gasteiger partial charge in [0, 0.05) is 19.3 Å². The Morgan fingerprint density at radius 1 is 0.306 bits per heavy atom. The van der Waals surface area contributed by atoms with Gasteiger partial charge in [-0.15, -0.1) is 0 Å². The Morgan fingerprint density at radius 2 is 0.597 bits per heavy atom. The fourth-order valence-electron chi connectivity index (χ4n) is 7.83. The lowest BCUT2D eigenvalue weighted by Gasteiger charge is -2.18. The van der Waals surface area contributed by atoms with Crippen molar-refractivity contribution in [3.8, 4) is 0 Å². The molecule has 0 fully saturated rings. The summed E-state index contributed by atoms with van der Waals surface area (Å²) in [4.78, 5) is 38.2. The summed E-state index contributed by atoms with van der Waals surface area (Å²) in [5, 5.41) is 0. The van der Waals surface area contributed by atoms with E-state index in [-0.39, 0.29) is 31.1 Å². The van der Waals surface area contributed by atoms with Gasteiger partial charge in [0.25, 0.3) is 0 Å². The van der Waals surface area contributed by atoms with Crippen molar-refractivity contribution in [3.63, 3.8) is 0 Å². The van der Waals surface area contributed by atoms with E-state index in [2.05, 4.69) is 142 Å². The largest absolute Gasteiger partial charge is 0.462 e. The number of carbonyl (C=O) groups excluding carboxylic acids is 3. The third-order valence-electron chi connectivity index (χ3n) is 12.3. The molecule has 0 spiro atoms. The van der Waals surface area contributed by atoms with Crippen LogP contribution in [-0.4, -0.2) is 37.2 Å². The second-order valence-corrected chi connectivity index (χ2v) is 19.3. The molecule has 0 radical (unpaired) electrons. The molecular weight excluding hydrogens is 889 g/mol. The minimum atomic E-state index is -0.811. The summed E-state index contributed by atoms with van der Waals surface area (Å²) in [6, 6.07) is 0. The molecular formula is C66H108O6. The van der Waals surface area contributed by atoms with E-state index in [9.17, 15) is 14.4 Å². The fraction of sp³-hybridized carbons (Fsp3) is 0.652. The van der Waals surface area contributed by atoms with E-state index in [0.717, 1.165) is 122 Å². The Labute approximate surface area is 443 Å². The highest BCUT2D eigenvalue weighted by molar-refractivity contribution is 5.71. The van der Waals surface area contributed by atoms with Crippen LogP contribution in [0, 0.1) is 0 Å². The van der Waals surface area contributed by atoms with Gasteiger partial charge in [-0.1, -0.05) is 245 Å². The zero-order valence-corrected chi connectivity index (χ0v) is 46.7. The maximum Gasteiger partial charge on any atom is 0.306 e. The maximum absolute atomic E-state index is 12.9. The molecule has 0 saturated carbocycles. The highest BCUT2D eigenvalue weighted by Crippen LogP contribution is 2.14. The third kappa shape index (κ3) is 56.7. The molecule has 0 aromatic carbocycles. The van der Waals surface area contributed by atoms with Gasteiger partial charge >= 0.3 is 17.9 Å². The van der Waals surface area contributed by atoms with Crippen LogP contribution in [0.2, 0.25) is 0 Å². The Kier molecular flexibility index (Phi) is 55.9. The fourth-order valence-corrected chi connectivity index (χ4v) is 7.83. The van der Waals surface area contributed by atoms with Crippen molar-refractivity contribution in [2.75, 3.05) is 13.2 Å². The Balaban J connectivity index is 4.53. The van der Waals surface area contributed by atoms with E-state index in [1.165, 1.54) is 96.3 Å². The van der Waals surface area contributed by atoms with Gasteiger partial charge in [0.05, 0.1) is 0 Å². The van der Waals surface area contributed by atoms with Crippen molar-refractivity contribution in [1.29, 1.82) is 0 Å². The van der Waals surface area contributed by atoms with E-state index < -0.39 is 6.10 Å². The lowest BCUT2D eigenvalue weighted by atomic mass is 10.1. The number of unbranched alkanes of at least 4 members (excludes halogenated alkanes) is 24. The van der Waals surface area contributed by atoms with Crippen LogP contribution >= 0.6 is 0 Å². The van der Waals surface area contributed by atoms with E-state index in [1.807, 2.05) is 0 Å². The van der Waals surface area contributed by atoms with Crippen LogP contribution in [-0.2, 0) is 28.6 Å². The normalized spacial score (nSPS) is 13.0. The standard InChI is InChI=1S/C66H108O6/c1-4-7-10-13-16-19-22-25-28-31-33-36-38-41-44-47-50-53-56-59-65(68)71-62-63(61-70-64(67)58-55-52-49-46-43-40-37-34-30-27-24-21-18-15-12-9-6-3)72-66(69)60-57-54-51-48-45-42-39-35-32-29-26-23-20-17-14-11-8-5-2/h7,10,16-17,19-20,23,25-30,32-33,35-36,39,41,44,63H,4-6,8-9,11-15,18,21-22,24,31,34,37-38,40,42-43,45-62H2,1-3H3/b10-7-,19-16-,20-17-,26-23-,28-25-,30-27-,32-29-,36-33-,39-35-,44-41-. The van der Waals surface area contributed by atoms with Crippen molar-refractivity contribution in [2.24, 2.45) is 0 Å². The molecule has 0 amide bonds. The molecule has 6 nitrogen and oxygen atoms in total. The summed E-state index contributed by atoms with van der Waals surface area (Å²) >= 11 is 0. The van der Waals surface area contributed by atoms with Gasteiger partial charge < -0.3 is 14.2 Å². The first kappa shape index (κ1) is 67.8. The van der Waals surface area contributed by atoms with E-state index in [0.29, 0.717) is 19.3 Å². The molecule has 6 heteroatoms. The van der Waals surface area contributed by atoms with Gasteiger partial charge in [-0.05, 0) is 116 Å². The Morgan fingerprint density at radius 3 is 1.03 bits per heavy atom. The monoisotopic (exact) mass is 997 g/mol. The van der Waals surface area contributed by atoms with Crippen LogP contribution in [0.4, 0.5) is 0 Å². The number of rotatable bonds is 52.